The van der Waals surface area contributed by atoms with E-state index in [4.69, 9.17) is 10.5 Å². The summed E-state index contributed by atoms with van der Waals surface area (Å²) < 4.78 is 8.08. The van der Waals surface area contributed by atoms with E-state index >= 15 is 0 Å². The Bertz CT molecular complexity index is 1310. The second kappa shape index (κ2) is 11.0. The minimum Gasteiger partial charge on any atom is -0.489 e. The highest BCUT2D eigenvalue weighted by Gasteiger charge is 2.11. The number of ether oxygens (including phenoxy) is 1. The average Bonchev–Trinajstić information content (AvgIpc) is 3.31. The summed E-state index contributed by atoms with van der Waals surface area (Å²) in [6, 6.07) is 21.9. The van der Waals surface area contributed by atoms with Gasteiger partial charge in [-0.2, -0.15) is 5.10 Å². The number of carboxylic acids is 1. The number of nitrogens with zero attached hydrogens (tertiary/aromatic N) is 2. The van der Waals surface area contributed by atoms with Crippen molar-refractivity contribution >= 4 is 5.97 Å². The zero-order valence-corrected chi connectivity index (χ0v) is 20.1. The third-order valence-corrected chi connectivity index (χ3v) is 5.72. The van der Waals surface area contributed by atoms with Crippen molar-refractivity contribution in [2.45, 2.75) is 40.0 Å². The molecule has 0 spiro atoms. The quantitative estimate of drug-likeness (QED) is 0.318. The number of aromatic nitrogens is 2. The lowest BCUT2D eigenvalue weighted by Crippen LogP contribution is -2.04. The predicted molar refractivity (Wildman–Crippen MR) is 138 cm³/mol. The van der Waals surface area contributed by atoms with Crippen molar-refractivity contribution < 1.29 is 14.6 Å². The fraction of sp³-hybridized carbons (Fsp3) is 0.241. The first-order chi connectivity index (χ1) is 16.9. The second-order valence-corrected chi connectivity index (χ2v) is 9.13. The Morgan fingerprint density at radius 2 is 1.71 bits per heavy atom. The number of hydrogen-bond acceptors (Lipinski definition) is 4. The maximum atomic E-state index is 11.2. The normalized spacial score (nSPS) is 11.1. The highest BCUT2D eigenvalue weighted by atomic mass is 16.5. The molecule has 3 aromatic carbocycles. The molecule has 4 aromatic rings. The van der Waals surface area contributed by atoms with Gasteiger partial charge in [0.1, 0.15) is 12.4 Å². The van der Waals surface area contributed by atoms with Crippen LogP contribution in [0.15, 0.2) is 79.1 Å². The maximum Gasteiger partial charge on any atom is 0.307 e. The smallest absolute Gasteiger partial charge is 0.307 e. The molecule has 1 heterocycles. The number of carboxylic acid groups (broad SMARTS) is 1. The van der Waals surface area contributed by atoms with Crippen molar-refractivity contribution in [3.8, 4) is 28.0 Å². The number of para-hydroxylation sites is 1. The van der Waals surface area contributed by atoms with Crippen LogP contribution in [0.1, 0.15) is 30.5 Å². The molecule has 0 unspecified atom stereocenters. The summed E-state index contributed by atoms with van der Waals surface area (Å²) in [6.45, 7) is 5.99. The first kappa shape index (κ1) is 24.2. The van der Waals surface area contributed by atoms with Gasteiger partial charge in [0, 0.05) is 30.4 Å². The van der Waals surface area contributed by atoms with E-state index in [9.17, 15) is 9.90 Å². The topological polar surface area (TPSA) is 90.4 Å². The van der Waals surface area contributed by atoms with Crippen LogP contribution in [0.3, 0.4) is 0 Å². The average molecular weight is 470 g/mol. The molecule has 3 N–H and O–H groups in total. The van der Waals surface area contributed by atoms with Crippen LogP contribution in [-0.2, 0) is 30.9 Å². The molecule has 35 heavy (non-hydrogen) atoms. The second-order valence-electron chi connectivity index (χ2n) is 9.13. The zero-order valence-electron chi connectivity index (χ0n) is 20.1. The van der Waals surface area contributed by atoms with Crippen LogP contribution in [0.4, 0.5) is 0 Å². The van der Waals surface area contributed by atoms with Crippen molar-refractivity contribution in [1.82, 2.24) is 9.78 Å². The Morgan fingerprint density at radius 1 is 0.971 bits per heavy atom. The van der Waals surface area contributed by atoms with Gasteiger partial charge in [-0.05, 0) is 64.1 Å². The SMILES string of the molecule is CC(C)Cn1cc(-c2cc(COc3ccccc3CC(=O)O)cc(-c3cccc(CN)c3)c2)cn1. The number of aliphatic carboxylic acids is 1. The minimum absolute atomic E-state index is 0.0810. The first-order valence-electron chi connectivity index (χ1n) is 11.8. The van der Waals surface area contributed by atoms with Crippen LogP contribution < -0.4 is 10.5 Å². The van der Waals surface area contributed by atoms with Crippen LogP contribution in [-0.4, -0.2) is 20.9 Å². The van der Waals surface area contributed by atoms with Crippen molar-refractivity contribution in [3.63, 3.8) is 0 Å². The Morgan fingerprint density at radius 3 is 2.46 bits per heavy atom. The third-order valence-electron chi connectivity index (χ3n) is 5.72. The summed E-state index contributed by atoms with van der Waals surface area (Å²) >= 11 is 0. The molecule has 0 saturated carbocycles. The number of carbonyl (C=O) groups is 1. The Labute approximate surface area is 206 Å². The lowest BCUT2D eigenvalue weighted by atomic mass is 9.96. The Balaban J connectivity index is 1.69. The number of benzene rings is 3. The van der Waals surface area contributed by atoms with Crippen LogP contribution in [0, 0.1) is 5.92 Å². The highest BCUT2D eigenvalue weighted by molar-refractivity contribution is 5.74. The Kier molecular flexibility index (Phi) is 7.63. The molecule has 4 rings (SSSR count). The molecule has 0 fully saturated rings. The summed E-state index contributed by atoms with van der Waals surface area (Å²) in [5.41, 5.74) is 12.8. The molecule has 0 amide bonds. The fourth-order valence-corrected chi connectivity index (χ4v) is 4.09. The van der Waals surface area contributed by atoms with Crippen molar-refractivity contribution in [3.05, 3.63) is 95.8 Å². The molecule has 0 saturated heterocycles. The summed E-state index contributed by atoms with van der Waals surface area (Å²) in [6.07, 6.45) is 3.88. The van der Waals surface area contributed by atoms with E-state index in [-0.39, 0.29) is 6.42 Å². The molecular weight excluding hydrogens is 438 g/mol. The molecule has 180 valence electrons. The number of nitrogens with two attached hydrogens (primary N) is 1. The molecule has 0 radical (unpaired) electrons. The van der Waals surface area contributed by atoms with E-state index in [2.05, 4.69) is 55.5 Å². The van der Waals surface area contributed by atoms with E-state index in [1.54, 1.807) is 6.07 Å². The van der Waals surface area contributed by atoms with Crippen molar-refractivity contribution in [2.75, 3.05) is 0 Å². The minimum atomic E-state index is -0.886. The van der Waals surface area contributed by atoms with Crippen molar-refractivity contribution in [2.24, 2.45) is 11.7 Å². The highest BCUT2D eigenvalue weighted by Crippen LogP contribution is 2.30. The van der Waals surface area contributed by atoms with Gasteiger partial charge in [-0.25, -0.2) is 0 Å². The summed E-state index contributed by atoms with van der Waals surface area (Å²) in [5.74, 6) is 0.197. The molecule has 6 nitrogen and oxygen atoms in total. The van der Waals surface area contributed by atoms with Gasteiger partial charge >= 0.3 is 5.97 Å². The molecule has 0 atom stereocenters. The molecule has 0 aliphatic heterocycles. The van der Waals surface area contributed by atoms with Gasteiger partial charge in [0.2, 0.25) is 0 Å². The van der Waals surface area contributed by atoms with Crippen LogP contribution in [0.5, 0.6) is 5.75 Å². The zero-order chi connectivity index (χ0) is 24.8. The molecule has 6 heteroatoms. The van der Waals surface area contributed by atoms with E-state index < -0.39 is 5.97 Å². The van der Waals surface area contributed by atoms with Gasteiger partial charge in [0.05, 0.1) is 12.6 Å². The number of hydrogen-bond donors (Lipinski definition) is 2. The number of rotatable bonds is 10. The molecular formula is C29H31N3O3. The maximum absolute atomic E-state index is 11.2. The lowest BCUT2D eigenvalue weighted by molar-refractivity contribution is -0.136. The van der Waals surface area contributed by atoms with Gasteiger partial charge in [-0.3, -0.25) is 9.48 Å². The van der Waals surface area contributed by atoms with Crippen LogP contribution in [0.25, 0.3) is 22.3 Å². The van der Waals surface area contributed by atoms with E-state index in [1.165, 1.54) is 0 Å². The van der Waals surface area contributed by atoms with Crippen LogP contribution in [0.2, 0.25) is 0 Å². The van der Waals surface area contributed by atoms with Gasteiger partial charge in [0.25, 0.3) is 0 Å². The molecule has 1 aromatic heterocycles. The predicted octanol–water partition coefficient (Wildman–Crippen LogP) is 5.54. The van der Waals surface area contributed by atoms with E-state index in [0.717, 1.165) is 39.9 Å². The molecule has 0 aliphatic rings. The third kappa shape index (κ3) is 6.37. The van der Waals surface area contributed by atoms with E-state index in [0.29, 0.717) is 30.4 Å². The largest absolute Gasteiger partial charge is 0.489 e. The summed E-state index contributed by atoms with van der Waals surface area (Å²) in [7, 11) is 0. The monoisotopic (exact) mass is 469 g/mol. The fourth-order valence-electron chi connectivity index (χ4n) is 4.09. The first-order valence-corrected chi connectivity index (χ1v) is 11.8. The van der Waals surface area contributed by atoms with Gasteiger partial charge in [0.15, 0.2) is 0 Å². The van der Waals surface area contributed by atoms with Crippen molar-refractivity contribution in [1.29, 1.82) is 0 Å². The van der Waals surface area contributed by atoms with Gasteiger partial charge in [-0.1, -0.05) is 50.2 Å². The van der Waals surface area contributed by atoms with Gasteiger partial charge < -0.3 is 15.6 Å². The lowest BCUT2D eigenvalue weighted by Gasteiger charge is -2.13. The van der Waals surface area contributed by atoms with Gasteiger partial charge in [-0.15, -0.1) is 0 Å². The summed E-state index contributed by atoms with van der Waals surface area (Å²) in [4.78, 5) is 11.2. The molecule has 0 aliphatic carbocycles. The Hall–Kier alpha value is -3.90. The standard InChI is InChI=1S/C29H31N3O3/c1-20(2)17-32-18-27(16-31-32)26-12-22(11-25(13-26)23-8-5-6-21(10-23)15-30)19-35-28-9-4-3-7-24(28)14-29(33)34/h3-13,16,18,20H,14-15,17,19,30H2,1-2H3,(H,33,34). The van der Waals surface area contributed by atoms with Crippen LogP contribution >= 0.6 is 0 Å². The molecule has 0 bridgehead atoms. The van der Waals surface area contributed by atoms with E-state index in [1.807, 2.05) is 41.2 Å². The summed E-state index contributed by atoms with van der Waals surface area (Å²) in [5, 5.41) is 13.8.